The highest BCUT2D eigenvalue weighted by atomic mass is 32.2. The van der Waals surface area contributed by atoms with Gasteiger partial charge < -0.3 is 0 Å². The number of benzene rings is 1. The molecule has 0 radical (unpaired) electrons. The molecule has 6 heteroatoms. The Labute approximate surface area is 173 Å². The lowest BCUT2D eigenvalue weighted by Gasteiger charge is -2.20. The van der Waals surface area contributed by atoms with Gasteiger partial charge in [-0.1, -0.05) is 38.1 Å². The standard InChI is InChI=1S/C23H29NO4S/c1-16-7-6-13-23(5)21(15-22(3,4)14-12-20(16)26)24(23)29(27,28)19-10-8-18(9-11-19)17(2)25/h7-12,14,21H,6,13,15H2,1-5H3/b14-12+,16-7+/t21-,23+,24?/m1/s1. The van der Waals surface area contributed by atoms with E-state index < -0.39 is 15.6 Å². The van der Waals surface area contributed by atoms with E-state index in [2.05, 4.69) is 0 Å². The van der Waals surface area contributed by atoms with Crippen molar-refractivity contribution in [3.63, 3.8) is 0 Å². The van der Waals surface area contributed by atoms with Gasteiger partial charge in [0.15, 0.2) is 11.6 Å². The number of allylic oxidation sites excluding steroid dienone is 4. The van der Waals surface area contributed by atoms with Crippen LogP contribution in [0.2, 0.25) is 0 Å². The Morgan fingerprint density at radius 1 is 1.14 bits per heavy atom. The monoisotopic (exact) mass is 415 g/mol. The normalized spacial score (nSPS) is 32.3. The minimum Gasteiger partial charge on any atom is -0.295 e. The lowest BCUT2D eigenvalue weighted by Crippen LogP contribution is -2.21. The van der Waals surface area contributed by atoms with E-state index in [4.69, 9.17) is 0 Å². The molecule has 0 aromatic heterocycles. The average molecular weight is 416 g/mol. The Morgan fingerprint density at radius 3 is 2.34 bits per heavy atom. The Kier molecular flexibility index (Phi) is 5.47. The molecule has 0 N–H and O–H groups in total. The van der Waals surface area contributed by atoms with E-state index in [1.165, 1.54) is 19.1 Å². The van der Waals surface area contributed by atoms with Crippen LogP contribution in [0.3, 0.4) is 0 Å². The lowest BCUT2D eigenvalue weighted by atomic mass is 9.84. The van der Waals surface area contributed by atoms with Crippen molar-refractivity contribution in [2.75, 3.05) is 0 Å². The Bertz CT molecular complexity index is 1000. The first-order chi connectivity index (χ1) is 13.4. The van der Waals surface area contributed by atoms with E-state index in [1.54, 1.807) is 29.4 Å². The predicted molar refractivity (Wildman–Crippen MR) is 113 cm³/mol. The van der Waals surface area contributed by atoms with Gasteiger partial charge in [-0.05, 0) is 69.2 Å². The topological polar surface area (TPSA) is 71.3 Å². The Balaban J connectivity index is 1.96. The number of rotatable bonds is 3. The zero-order chi connectivity index (χ0) is 21.6. The molecular weight excluding hydrogens is 386 g/mol. The number of carbonyl (C=O) groups excluding carboxylic acids is 2. The zero-order valence-electron chi connectivity index (χ0n) is 17.7. The molecule has 0 spiro atoms. The van der Waals surface area contributed by atoms with E-state index in [0.717, 1.165) is 0 Å². The molecule has 29 heavy (non-hydrogen) atoms. The fraction of sp³-hybridized carbons (Fsp3) is 0.478. The van der Waals surface area contributed by atoms with Crippen LogP contribution >= 0.6 is 0 Å². The molecule has 1 unspecified atom stereocenters. The molecule has 3 rings (SSSR count). The zero-order valence-corrected chi connectivity index (χ0v) is 18.5. The van der Waals surface area contributed by atoms with Crippen LogP contribution < -0.4 is 0 Å². The molecule has 0 bridgehead atoms. The van der Waals surface area contributed by atoms with Gasteiger partial charge in [0.2, 0.25) is 10.0 Å². The predicted octanol–water partition coefficient (Wildman–Crippen LogP) is 4.30. The van der Waals surface area contributed by atoms with Crippen LogP contribution in [0.4, 0.5) is 0 Å². The fourth-order valence-electron chi connectivity index (χ4n) is 4.15. The van der Waals surface area contributed by atoms with Crippen molar-refractivity contribution >= 4 is 21.6 Å². The lowest BCUT2D eigenvalue weighted by molar-refractivity contribution is -0.111. The summed E-state index contributed by atoms with van der Waals surface area (Å²) in [6, 6.07) is 6.01. The maximum Gasteiger partial charge on any atom is 0.243 e. The first-order valence-corrected chi connectivity index (χ1v) is 11.4. The molecule has 1 saturated heterocycles. The molecule has 1 fully saturated rings. The van der Waals surface area contributed by atoms with Crippen molar-refractivity contribution in [3.8, 4) is 0 Å². The summed E-state index contributed by atoms with van der Waals surface area (Å²) in [5.41, 5.74) is 0.379. The van der Waals surface area contributed by atoms with Gasteiger partial charge in [0.05, 0.1) is 10.4 Å². The van der Waals surface area contributed by atoms with Crippen LogP contribution in [0.5, 0.6) is 0 Å². The second-order valence-electron chi connectivity index (χ2n) is 9.07. The van der Waals surface area contributed by atoms with Crippen LogP contribution in [-0.4, -0.2) is 35.9 Å². The molecule has 1 aliphatic carbocycles. The maximum atomic E-state index is 13.4. The number of sulfonamides is 1. The third-order valence-corrected chi connectivity index (χ3v) is 8.21. The first-order valence-electron chi connectivity index (χ1n) is 9.94. The van der Waals surface area contributed by atoms with Crippen LogP contribution in [0.15, 0.2) is 53.0 Å². The fourth-order valence-corrected chi connectivity index (χ4v) is 6.21. The van der Waals surface area contributed by atoms with Gasteiger partial charge in [-0.25, -0.2) is 8.42 Å². The van der Waals surface area contributed by atoms with E-state index >= 15 is 0 Å². The van der Waals surface area contributed by atoms with Gasteiger partial charge in [0.25, 0.3) is 0 Å². The second-order valence-corrected chi connectivity index (χ2v) is 10.9. The van der Waals surface area contributed by atoms with Gasteiger partial charge >= 0.3 is 0 Å². The van der Waals surface area contributed by atoms with Crippen molar-refractivity contribution in [1.29, 1.82) is 0 Å². The van der Waals surface area contributed by atoms with E-state index in [1.807, 2.05) is 32.9 Å². The molecule has 156 valence electrons. The van der Waals surface area contributed by atoms with E-state index in [-0.39, 0.29) is 27.9 Å². The summed E-state index contributed by atoms with van der Waals surface area (Å²) in [6.07, 6.45) is 7.34. The molecule has 1 heterocycles. The minimum atomic E-state index is -3.68. The number of carbonyl (C=O) groups is 2. The quantitative estimate of drug-likeness (QED) is 0.545. The molecule has 5 nitrogen and oxygen atoms in total. The largest absolute Gasteiger partial charge is 0.295 e. The van der Waals surface area contributed by atoms with Gasteiger partial charge in [-0.15, -0.1) is 0 Å². The summed E-state index contributed by atoms with van der Waals surface area (Å²) in [7, 11) is -3.68. The van der Waals surface area contributed by atoms with Crippen molar-refractivity contribution in [2.24, 2.45) is 5.41 Å². The molecule has 0 saturated carbocycles. The van der Waals surface area contributed by atoms with Gasteiger partial charge in [0, 0.05) is 11.6 Å². The number of Topliss-reactive ketones (excluding diaryl/α,β-unsaturated/α-hetero) is 1. The Hall–Kier alpha value is -2.05. The van der Waals surface area contributed by atoms with Crippen LogP contribution in [0, 0.1) is 5.41 Å². The Morgan fingerprint density at radius 2 is 1.76 bits per heavy atom. The van der Waals surface area contributed by atoms with Crippen LogP contribution in [0.25, 0.3) is 0 Å². The molecule has 1 aliphatic heterocycles. The van der Waals surface area contributed by atoms with Crippen molar-refractivity contribution in [2.45, 2.75) is 70.4 Å². The van der Waals surface area contributed by atoms with Crippen molar-refractivity contribution < 1.29 is 18.0 Å². The molecule has 0 amide bonds. The third-order valence-electron chi connectivity index (χ3n) is 6.15. The third kappa shape index (κ3) is 4.14. The SMILES string of the molecule is CC(=O)c1ccc(S(=O)(=O)N2[C@@H]3CC(C)(C)/C=C/C(=O)/C(C)=C/CC[C@@]32C)cc1. The van der Waals surface area contributed by atoms with Crippen LogP contribution in [0.1, 0.15) is 64.2 Å². The average Bonchev–Trinajstić information content (AvgIpc) is 3.22. The molecule has 1 aromatic carbocycles. The number of ketones is 2. The van der Waals surface area contributed by atoms with Crippen LogP contribution in [-0.2, 0) is 14.8 Å². The number of hydrogen-bond donors (Lipinski definition) is 0. The molecular formula is C23H29NO4S. The van der Waals surface area contributed by atoms with Crippen molar-refractivity contribution in [1.82, 2.24) is 4.31 Å². The van der Waals surface area contributed by atoms with Gasteiger partial charge in [-0.3, -0.25) is 9.59 Å². The summed E-state index contributed by atoms with van der Waals surface area (Å²) < 4.78 is 28.4. The maximum absolute atomic E-state index is 13.4. The summed E-state index contributed by atoms with van der Waals surface area (Å²) in [5.74, 6) is -0.0862. The molecule has 3 atom stereocenters. The highest BCUT2D eigenvalue weighted by Gasteiger charge is 2.65. The van der Waals surface area contributed by atoms with Crippen molar-refractivity contribution in [3.05, 3.63) is 53.6 Å². The first kappa shape index (κ1) is 21.7. The highest BCUT2D eigenvalue weighted by Crippen LogP contribution is 2.53. The molecule has 1 aromatic rings. The number of nitrogens with zero attached hydrogens (tertiary/aromatic N) is 1. The summed E-state index contributed by atoms with van der Waals surface area (Å²) in [5, 5.41) is 0. The van der Waals surface area contributed by atoms with Gasteiger partial charge in [0.1, 0.15) is 0 Å². The van der Waals surface area contributed by atoms with E-state index in [9.17, 15) is 18.0 Å². The summed E-state index contributed by atoms with van der Waals surface area (Å²) >= 11 is 0. The number of fused-ring (bicyclic) bond motifs is 1. The van der Waals surface area contributed by atoms with E-state index in [0.29, 0.717) is 30.4 Å². The highest BCUT2D eigenvalue weighted by molar-refractivity contribution is 7.89. The van der Waals surface area contributed by atoms with Gasteiger partial charge in [-0.2, -0.15) is 4.31 Å². The minimum absolute atomic E-state index is 0.00819. The molecule has 2 aliphatic rings. The summed E-state index contributed by atoms with van der Waals surface area (Å²) in [4.78, 5) is 23.9. The number of hydrogen-bond acceptors (Lipinski definition) is 4. The summed E-state index contributed by atoms with van der Waals surface area (Å²) in [6.45, 7) is 9.30. The second kappa shape index (κ2) is 7.33. The smallest absolute Gasteiger partial charge is 0.243 e.